The van der Waals surface area contributed by atoms with Gasteiger partial charge in [-0.1, -0.05) is 38.1 Å². The minimum atomic E-state index is -0.545. The first kappa shape index (κ1) is 13.4. The SMILES string of the molecule is CC1(C)Cc2ccccc2C1c1cnc(=S)[nH]c1CF. The summed E-state index contributed by atoms with van der Waals surface area (Å²) >= 11 is 5.00. The third kappa shape index (κ3) is 2.08. The molecule has 0 amide bonds. The molecule has 2 nitrogen and oxygen atoms in total. The first-order valence-electron chi connectivity index (χ1n) is 6.75. The second-order valence-corrected chi connectivity index (χ2v) is 6.44. The summed E-state index contributed by atoms with van der Waals surface area (Å²) in [5.41, 5.74) is 4.15. The minimum absolute atomic E-state index is 0.0477. The monoisotopic (exact) mass is 288 g/mol. The van der Waals surface area contributed by atoms with Gasteiger partial charge in [-0.05, 0) is 35.2 Å². The van der Waals surface area contributed by atoms with E-state index in [-0.39, 0.29) is 11.3 Å². The van der Waals surface area contributed by atoms with Crippen molar-refractivity contribution < 1.29 is 4.39 Å². The van der Waals surface area contributed by atoms with Crippen LogP contribution in [0, 0.1) is 10.2 Å². The third-order valence-corrected chi connectivity index (χ3v) is 4.37. The van der Waals surface area contributed by atoms with Gasteiger partial charge in [0.05, 0.1) is 5.69 Å². The highest BCUT2D eigenvalue weighted by Crippen LogP contribution is 2.50. The average molecular weight is 288 g/mol. The molecule has 4 heteroatoms. The van der Waals surface area contributed by atoms with Gasteiger partial charge in [0.2, 0.25) is 0 Å². The number of H-pyrrole nitrogens is 1. The van der Waals surface area contributed by atoms with Crippen LogP contribution in [0.15, 0.2) is 30.5 Å². The summed E-state index contributed by atoms with van der Waals surface area (Å²) in [5.74, 6) is 0.156. The molecule has 2 aromatic rings. The van der Waals surface area contributed by atoms with Crippen molar-refractivity contribution in [1.82, 2.24) is 9.97 Å². The van der Waals surface area contributed by atoms with Gasteiger partial charge in [-0.3, -0.25) is 0 Å². The molecule has 20 heavy (non-hydrogen) atoms. The van der Waals surface area contributed by atoms with Gasteiger partial charge in [-0.2, -0.15) is 0 Å². The molecule has 3 rings (SSSR count). The van der Waals surface area contributed by atoms with Gasteiger partial charge in [-0.25, -0.2) is 9.37 Å². The van der Waals surface area contributed by atoms with Gasteiger partial charge in [0.1, 0.15) is 6.67 Å². The van der Waals surface area contributed by atoms with E-state index < -0.39 is 6.67 Å². The van der Waals surface area contributed by atoms with E-state index in [1.807, 2.05) is 6.07 Å². The Morgan fingerprint density at radius 3 is 2.85 bits per heavy atom. The fraction of sp³-hybridized carbons (Fsp3) is 0.375. The highest BCUT2D eigenvalue weighted by atomic mass is 32.1. The number of nitrogens with one attached hydrogen (secondary N) is 1. The lowest BCUT2D eigenvalue weighted by Gasteiger charge is -2.29. The normalized spacial score (nSPS) is 19.9. The molecular weight excluding hydrogens is 271 g/mol. The van der Waals surface area contributed by atoms with E-state index in [2.05, 4.69) is 42.0 Å². The molecule has 0 saturated heterocycles. The van der Waals surface area contributed by atoms with Gasteiger partial charge in [0, 0.05) is 17.7 Å². The summed E-state index contributed by atoms with van der Waals surface area (Å²) in [7, 11) is 0. The topological polar surface area (TPSA) is 28.7 Å². The van der Waals surface area contributed by atoms with E-state index in [4.69, 9.17) is 12.2 Å². The Bertz CT molecular complexity index is 706. The van der Waals surface area contributed by atoms with Crippen molar-refractivity contribution in [3.05, 3.63) is 57.6 Å². The molecule has 0 saturated carbocycles. The number of hydrogen-bond donors (Lipinski definition) is 1. The molecule has 104 valence electrons. The van der Waals surface area contributed by atoms with Crippen molar-refractivity contribution in [2.24, 2.45) is 5.41 Å². The summed E-state index contributed by atoms with van der Waals surface area (Å²) < 4.78 is 13.7. The first-order valence-corrected chi connectivity index (χ1v) is 7.15. The molecule has 1 N–H and O–H groups in total. The molecular formula is C16H17FN2S. The highest BCUT2D eigenvalue weighted by molar-refractivity contribution is 7.71. The predicted octanol–water partition coefficient (Wildman–Crippen LogP) is 4.32. The van der Waals surface area contributed by atoms with E-state index in [0.717, 1.165) is 12.0 Å². The van der Waals surface area contributed by atoms with E-state index in [1.165, 1.54) is 11.1 Å². The van der Waals surface area contributed by atoms with Crippen molar-refractivity contribution in [2.75, 3.05) is 0 Å². The number of aromatic nitrogens is 2. The Morgan fingerprint density at radius 2 is 2.10 bits per heavy atom. The fourth-order valence-electron chi connectivity index (χ4n) is 3.38. The van der Waals surface area contributed by atoms with Gasteiger partial charge < -0.3 is 4.98 Å². The third-order valence-electron chi connectivity index (χ3n) is 4.17. The second-order valence-electron chi connectivity index (χ2n) is 6.05. The lowest BCUT2D eigenvalue weighted by molar-refractivity contribution is 0.341. The molecule has 0 bridgehead atoms. The van der Waals surface area contributed by atoms with Gasteiger partial charge in [0.25, 0.3) is 0 Å². The van der Waals surface area contributed by atoms with Gasteiger partial charge in [0.15, 0.2) is 4.77 Å². The van der Waals surface area contributed by atoms with Crippen molar-refractivity contribution in [3.8, 4) is 0 Å². The van der Waals surface area contributed by atoms with E-state index in [1.54, 1.807) is 6.20 Å². The minimum Gasteiger partial charge on any atom is -0.332 e. The summed E-state index contributed by atoms with van der Waals surface area (Å²) in [6.07, 6.45) is 2.73. The molecule has 1 aromatic carbocycles. The van der Waals surface area contributed by atoms with Crippen LogP contribution >= 0.6 is 12.2 Å². The van der Waals surface area contributed by atoms with Crippen molar-refractivity contribution in [2.45, 2.75) is 32.9 Å². The van der Waals surface area contributed by atoms with Crippen molar-refractivity contribution in [3.63, 3.8) is 0 Å². The Labute approximate surface area is 123 Å². The predicted molar refractivity (Wildman–Crippen MR) is 80.0 cm³/mol. The fourth-order valence-corrected chi connectivity index (χ4v) is 3.55. The van der Waals surface area contributed by atoms with Crippen LogP contribution in [0.3, 0.4) is 0 Å². The average Bonchev–Trinajstić information content (AvgIpc) is 2.68. The zero-order valence-corrected chi connectivity index (χ0v) is 12.4. The molecule has 1 atom stereocenters. The van der Waals surface area contributed by atoms with Crippen molar-refractivity contribution in [1.29, 1.82) is 0 Å². The maximum atomic E-state index is 13.3. The molecule has 1 aliphatic rings. The van der Waals surface area contributed by atoms with Gasteiger partial charge in [-0.15, -0.1) is 0 Å². The number of fused-ring (bicyclic) bond motifs is 1. The molecule has 1 aliphatic carbocycles. The van der Waals surface area contributed by atoms with Crippen LogP contribution in [0.25, 0.3) is 0 Å². The van der Waals surface area contributed by atoms with Crippen LogP contribution in [0.1, 0.15) is 42.1 Å². The molecule has 0 aliphatic heterocycles. The Morgan fingerprint density at radius 1 is 1.35 bits per heavy atom. The Balaban J connectivity index is 2.20. The number of halogens is 1. The molecule has 1 unspecified atom stereocenters. The Hall–Kier alpha value is -1.55. The number of rotatable bonds is 2. The lowest BCUT2D eigenvalue weighted by Crippen LogP contribution is -2.20. The molecule has 1 heterocycles. The number of benzene rings is 1. The van der Waals surface area contributed by atoms with Crippen molar-refractivity contribution >= 4 is 12.2 Å². The van der Waals surface area contributed by atoms with Crippen LogP contribution in [-0.4, -0.2) is 9.97 Å². The molecule has 0 spiro atoms. The van der Waals surface area contributed by atoms with Crippen LogP contribution in [0.2, 0.25) is 0 Å². The highest BCUT2D eigenvalue weighted by Gasteiger charge is 2.40. The van der Waals surface area contributed by atoms with E-state index in [9.17, 15) is 4.39 Å². The van der Waals surface area contributed by atoms with Gasteiger partial charge >= 0.3 is 0 Å². The van der Waals surface area contributed by atoms with Crippen LogP contribution < -0.4 is 0 Å². The van der Waals surface area contributed by atoms with Crippen LogP contribution in [0.5, 0.6) is 0 Å². The maximum absolute atomic E-state index is 13.3. The Kier molecular flexibility index (Phi) is 3.21. The number of alkyl halides is 1. The zero-order valence-electron chi connectivity index (χ0n) is 11.6. The maximum Gasteiger partial charge on any atom is 0.197 e. The van der Waals surface area contributed by atoms with Crippen LogP contribution in [-0.2, 0) is 13.1 Å². The standard InChI is InChI=1S/C16H17FN2S/c1-16(2)7-10-5-3-4-6-11(10)14(16)12-9-18-15(20)19-13(12)8-17/h3-6,9,14H,7-8H2,1-2H3,(H,18,19,20). The van der Waals surface area contributed by atoms with E-state index >= 15 is 0 Å². The van der Waals surface area contributed by atoms with Crippen LogP contribution in [0.4, 0.5) is 4.39 Å². The van der Waals surface area contributed by atoms with E-state index in [0.29, 0.717) is 10.5 Å². The first-order chi connectivity index (χ1) is 9.53. The second kappa shape index (κ2) is 4.77. The zero-order chi connectivity index (χ0) is 14.3. The summed E-state index contributed by atoms with van der Waals surface area (Å²) in [4.78, 5) is 7.06. The smallest absolute Gasteiger partial charge is 0.197 e. The molecule has 0 fully saturated rings. The largest absolute Gasteiger partial charge is 0.332 e. The number of nitrogens with zero attached hydrogens (tertiary/aromatic N) is 1. The molecule has 0 radical (unpaired) electrons. The quantitative estimate of drug-likeness (QED) is 0.834. The summed E-state index contributed by atoms with van der Waals surface area (Å²) in [6.45, 7) is 3.90. The number of hydrogen-bond acceptors (Lipinski definition) is 2. The summed E-state index contributed by atoms with van der Waals surface area (Å²) in [6, 6.07) is 8.40. The lowest BCUT2D eigenvalue weighted by atomic mass is 9.75. The number of aromatic amines is 1. The molecule has 1 aromatic heterocycles. The summed E-state index contributed by atoms with van der Waals surface area (Å²) in [5, 5.41) is 0.